The number of likely N-dealkylation sites (tertiary alicyclic amines) is 1. The third-order valence-electron chi connectivity index (χ3n) is 4.36. The van der Waals surface area contributed by atoms with Crippen LogP contribution in [0.5, 0.6) is 0 Å². The second kappa shape index (κ2) is 4.56. The van der Waals surface area contributed by atoms with Gasteiger partial charge in [0.15, 0.2) is 0 Å². The van der Waals surface area contributed by atoms with E-state index in [0.717, 1.165) is 25.0 Å². The van der Waals surface area contributed by atoms with E-state index in [2.05, 4.69) is 0 Å². The molecule has 1 heterocycles. The van der Waals surface area contributed by atoms with Gasteiger partial charge in [0.25, 0.3) is 5.91 Å². The zero-order valence-corrected chi connectivity index (χ0v) is 10.5. The monoisotopic (exact) mass is 266 g/mol. The van der Waals surface area contributed by atoms with Crippen LogP contribution in [0.25, 0.3) is 0 Å². The molecule has 3 unspecified atom stereocenters. The molecule has 102 valence electrons. The average molecular weight is 266 g/mol. The third-order valence-corrected chi connectivity index (χ3v) is 4.36. The number of amides is 1. The number of hydrogen-bond acceptors (Lipinski definition) is 2. The van der Waals surface area contributed by atoms with Crippen LogP contribution in [0.1, 0.15) is 23.2 Å². The first-order chi connectivity index (χ1) is 9.06. The van der Waals surface area contributed by atoms with Gasteiger partial charge in [0.05, 0.1) is 5.56 Å². The largest absolute Gasteiger partial charge is 0.338 e. The van der Waals surface area contributed by atoms with E-state index in [1.807, 2.05) is 0 Å². The summed E-state index contributed by atoms with van der Waals surface area (Å²) in [7, 11) is 0. The minimum absolute atomic E-state index is 0.0602. The van der Waals surface area contributed by atoms with Gasteiger partial charge in [-0.1, -0.05) is 0 Å². The quantitative estimate of drug-likeness (QED) is 0.842. The summed E-state index contributed by atoms with van der Waals surface area (Å²) in [6.45, 7) is 1.22. The minimum Gasteiger partial charge on any atom is -0.338 e. The molecule has 0 bridgehead atoms. The van der Waals surface area contributed by atoms with Gasteiger partial charge in [0.2, 0.25) is 0 Å². The number of rotatable bonds is 1. The lowest BCUT2D eigenvalue weighted by molar-refractivity contribution is 0.0775. The Hall–Kier alpha value is -1.49. The molecule has 3 rings (SSSR count). The highest BCUT2D eigenvalue weighted by Crippen LogP contribution is 2.37. The lowest BCUT2D eigenvalue weighted by Crippen LogP contribution is -2.33. The zero-order chi connectivity index (χ0) is 13.6. The van der Waals surface area contributed by atoms with Gasteiger partial charge in [-0.25, -0.2) is 8.78 Å². The molecule has 1 aliphatic carbocycles. The van der Waals surface area contributed by atoms with Crippen LogP contribution in [0, 0.1) is 23.5 Å². The van der Waals surface area contributed by atoms with Gasteiger partial charge < -0.3 is 10.6 Å². The van der Waals surface area contributed by atoms with E-state index in [-0.39, 0.29) is 17.5 Å². The SMILES string of the molecule is NC1CCC2CN(C(=O)c3ccc(F)cc3F)CC12. The van der Waals surface area contributed by atoms with Crippen molar-refractivity contribution < 1.29 is 13.6 Å². The summed E-state index contributed by atoms with van der Waals surface area (Å²) in [6, 6.07) is 3.21. The summed E-state index contributed by atoms with van der Waals surface area (Å²) < 4.78 is 26.5. The smallest absolute Gasteiger partial charge is 0.256 e. The molecule has 3 atom stereocenters. The van der Waals surface area contributed by atoms with Crippen LogP contribution < -0.4 is 5.73 Å². The number of halogens is 2. The Bertz CT molecular complexity index is 520. The van der Waals surface area contributed by atoms with Crippen LogP contribution >= 0.6 is 0 Å². The van der Waals surface area contributed by atoms with E-state index in [1.165, 1.54) is 6.07 Å². The third kappa shape index (κ3) is 2.12. The van der Waals surface area contributed by atoms with E-state index >= 15 is 0 Å². The molecule has 1 aliphatic heterocycles. The van der Waals surface area contributed by atoms with E-state index in [0.29, 0.717) is 24.9 Å². The van der Waals surface area contributed by atoms with Crippen molar-refractivity contribution >= 4 is 5.91 Å². The predicted molar refractivity (Wildman–Crippen MR) is 66.5 cm³/mol. The first-order valence-electron chi connectivity index (χ1n) is 6.56. The molecule has 2 N–H and O–H groups in total. The fraction of sp³-hybridized carbons (Fsp3) is 0.500. The van der Waals surface area contributed by atoms with Crippen LogP contribution in [0.3, 0.4) is 0 Å². The van der Waals surface area contributed by atoms with Crippen molar-refractivity contribution in [1.82, 2.24) is 4.90 Å². The lowest BCUT2D eigenvalue weighted by Gasteiger charge is -2.19. The van der Waals surface area contributed by atoms with Crippen LogP contribution in [0.15, 0.2) is 18.2 Å². The molecule has 1 amide bonds. The molecule has 1 aromatic carbocycles. The maximum absolute atomic E-state index is 13.6. The van der Waals surface area contributed by atoms with Gasteiger partial charge in [-0.2, -0.15) is 0 Å². The lowest BCUT2D eigenvalue weighted by atomic mass is 9.98. The highest BCUT2D eigenvalue weighted by Gasteiger charge is 2.42. The second-order valence-corrected chi connectivity index (χ2v) is 5.50. The van der Waals surface area contributed by atoms with Crippen molar-refractivity contribution in [3.63, 3.8) is 0 Å². The molecule has 0 spiro atoms. The fourth-order valence-electron chi connectivity index (χ4n) is 3.31. The van der Waals surface area contributed by atoms with Gasteiger partial charge in [-0.05, 0) is 36.8 Å². The number of carbonyl (C=O) groups excluding carboxylic acids is 1. The Balaban J connectivity index is 1.78. The normalized spacial score (nSPS) is 29.6. The van der Waals surface area contributed by atoms with Crippen molar-refractivity contribution in [3.05, 3.63) is 35.4 Å². The summed E-state index contributed by atoms with van der Waals surface area (Å²) in [5, 5.41) is 0. The number of nitrogens with zero attached hydrogens (tertiary/aromatic N) is 1. The summed E-state index contributed by atoms with van der Waals surface area (Å²) >= 11 is 0. The summed E-state index contributed by atoms with van der Waals surface area (Å²) in [5.41, 5.74) is 5.95. The van der Waals surface area contributed by atoms with Crippen LogP contribution in [0.2, 0.25) is 0 Å². The first kappa shape index (κ1) is 12.5. The van der Waals surface area contributed by atoms with E-state index in [9.17, 15) is 13.6 Å². The van der Waals surface area contributed by atoms with Crippen LogP contribution in [0.4, 0.5) is 8.78 Å². The standard InChI is InChI=1S/C14H16F2N2O/c15-9-2-3-10(12(16)5-9)14(19)18-6-8-1-4-13(17)11(8)7-18/h2-3,5,8,11,13H,1,4,6-7,17H2. The molecule has 5 heteroatoms. The van der Waals surface area contributed by atoms with Gasteiger partial charge in [0.1, 0.15) is 11.6 Å². The van der Waals surface area contributed by atoms with E-state index < -0.39 is 11.6 Å². The number of nitrogens with two attached hydrogens (primary N) is 1. The molecule has 1 aromatic rings. The maximum atomic E-state index is 13.6. The van der Waals surface area contributed by atoms with Crippen molar-refractivity contribution in [3.8, 4) is 0 Å². The Morgan fingerprint density at radius 2 is 2.05 bits per heavy atom. The van der Waals surface area contributed by atoms with Crippen LogP contribution in [-0.2, 0) is 0 Å². The van der Waals surface area contributed by atoms with Crippen LogP contribution in [-0.4, -0.2) is 29.9 Å². The number of carbonyl (C=O) groups is 1. The molecule has 0 radical (unpaired) electrons. The minimum atomic E-state index is -0.800. The zero-order valence-electron chi connectivity index (χ0n) is 10.5. The number of hydrogen-bond donors (Lipinski definition) is 1. The summed E-state index contributed by atoms with van der Waals surface area (Å²) in [6.07, 6.45) is 2.03. The van der Waals surface area contributed by atoms with Crippen molar-refractivity contribution in [2.45, 2.75) is 18.9 Å². The molecular weight excluding hydrogens is 250 g/mol. The second-order valence-electron chi connectivity index (χ2n) is 5.50. The summed E-state index contributed by atoms with van der Waals surface area (Å²) in [5.74, 6) is -1.07. The highest BCUT2D eigenvalue weighted by atomic mass is 19.1. The molecule has 2 aliphatic rings. The van der Waals surface area contributed by atoms with E-state index in [4.69, 9.17) is 5.73 Å². The average Bonchev–Trinajstić information content (AvgIpc) is 2.91. The van der Waals surface area contributed by atoms with Gasteiger partial charge in [0, 0.05) is 25.2 Å². The number of benzene rings is 1. The Morgan fingerprint density at radius 3 is 2.74 bits per heavy atom. The number of fused-ring (bicyclic) bond motifs is 1. The highest BCUT2D eigenvalue weighted by molar-refractivity contribution is 5.94. The molecule has 0 aromatic heterocycles. The Labute approximate surface area is 110 Å². The van der Waals surface area contributed by atoms with Gasteiger partial charge in [-0.3, -0.25) is 4.79 Å². The molecule has 1 saturated heterocycles. The Morgan fingerprint density at radius 1 is 1.26 bits per heavy atom. The topological polar surface area (TPSA) is 46.3 Å². The molecule has 2 fully saturated rings. The summed E-state index contributed by atoms with van der Waals surface area (Å²) in [4.78, 5) is 13.9. The van der Waals surface area contributed by atoms with Crippen molar-refractivity contribution in [2.24, 2.45) is 17.6 Å². The fourth-order valence-corrected chi connectivity index (χ4v) is 3.31. The predicted octanol–water partition coefficient (Wildman–Crippen LogP) is 1.77. The molecule has 1 saturated carbocycles. The Kier molecular flexibility index (Phi) is 3.01. The maximum Gasteiger partial charge on any atom is 0.256 e. The van der Waals surface area contributed by atoms with E-state index in [1.54, 1.807) is 4.90 Å². The van der Waals surface area contributed by atoms with Crippen molar-refractivity contribution in [2.75, 3.05) is 13.1 Å². The van der Waals surface area contributed by atoms with Gasteiger partial charge >= 0.3 is 0 Å². The van der Waals surface area contributed by atoms with Gasteiger partial charge in [-0.15, -0.1) is 0 Å². The molecular formula is C14H16F2N2O. The van der Waals surface area contributed by atoms with Crippen molar-refractivity contribution in [1.29, 1.82) is 0 Å². The molecule has 3 nitrogen and oxygen atoms in total. The molecule has 19 heavy (non-hydrogen) atoms. The first-order valence-corrected chi connectivity index (χ1v) is 6.56.